The van der Waals surface area contributed by atoms with Gasteiger partial charge in [-0.25, -0.2) is 0 Å². The van der Waals surface area contributed by atoms with Gasteiger partial charge in [-0.05, 0) is 48.6 Å². The molecule has 3 rings (SSSR count). The van der Waals surface area contributed by atoms with Gasteiger partial charge in [-0.1, -0.05) is 43.3 Å². The molecule has 1 aliphatic heterocycles. The highest BCUT2D eigenvalue weighted by Gasteiger charge is 2.16. The molecule has 6 heteroatoms. The first-order valence-corrected chi connectivity index (χ1v) is 10.0. The third kappa shape index (κ3) is 6.26. The van der Waals surface area contributed by atoms with Crippen LogP contribution in [0.2, 0.25) is 0 Å². The number of nitrogens with zero attached hydrogens (tertiary/aromatic N) is 2. The minimum atomic E-state index is -0.455. The fourth-order valence-corrected chi connectivity index (χ4v) is 3.66. The number of hydrogen-bond donors (Lipinski definition) is 1. The maximum absolute atomic E-state index is 12.1. The fraction of sp³-hybridized carbons (Fsp3) is 0.348. The second-order valence-corrected chi connectivity index (χ2v) is 7.67. The smallest absolute Gasteiger partial charge is 0.276 e. The van der Waals surface area contributed by atoms with Crippen LogP contribution in [0.3, 0.4) is 0 Å². The Morgan fingerprint density at radius 2 is 1.93 bits per heavy atom. The molecule has 0 bridgehead atoms. The van der Waals surface area contributed by atoms with E-state index in [0.29, 0.717) is 12.1 Å². The van der Waals surface area contributed by atoms with Gasteiger partial charge < -0.3 is 5.32 Å². The van der Waals surface area contributed by atoms with Crippen molar-refractivity contribution in [1.29, 1.82) is 0 Å². The number of hydrogen-bond acceptors (Lipinski definition) is 4. The van der Waals surface area contributed by atoms with Crippen molar-refractivity contribution in [1.82, 2.24) is 10.2 Å². The summed E-state index contributed by atoms with van der Waals surface area (Å²) < 4.78 is 0. The Hall–Kier alpha value is -2.99. The predicted octanol–water partition coefficient (Wildman–Crippen LogP) is 4.16. The minimum Gasteiger partial charge on any atom is -0.348 e. The van der Waals surface area contributed by atoms with E-state index in [-0.39, 0.29) is 11.6 Å². The normalized spacial score (nSPS) is 17.3. The number of piperidine rings is 1. The molecule has 1 aliphatic rings. The lowest BCUT2D eigenvalue weighted by atomic mass is 9.99. The minimum absolute atomic E-state index is 0.0183. The summed E-state index contributed by atoms with van der Waals surface area (Å²) in [4.78, 5) is 25.1. The fourth-order valence-electron chi connectivity index (χ4n) is 3.66. The van der Waals surface area contributed by atoms with Crippen LogP contribution in [0.25, 0.3) is 6.08 Å². The summed E-state index contributed by atoms with van der Waals surface area (Å²) in [5.74, 6) is 0.484. The van der Waals surface area contributed by atoms with E-state index >= 15 is 0 Å². The first-order valence-electron chi connectivity index (χ1n) is 10.0. The highest BCUT2D eigenvalue weighted by molar-refractivity contribution is 5.92. The van der Waals surface area contributed by atoms with Crippen LogP contribution in [0.4, 0.5) is 5.69 Å². The van der Waals surface area contributed by atoms with Gasteiger partial charge in [0, 0.05) is 31.8 Å². The van der Waals surface area contributed by atoms with E-state index in [1.165, 1.54) is 36.6 Å². The van der Waals surface area contributed by atoms with Gasteiger partial charge in [0.1, 0.15) is 0 Å². The molecule has 0 radical (unpaired) electrons. The number of nitro benzene ring substituents is 1. The van der Waals surface area contributed by atoms with Crippen LogP contribution >= 0.6 is 0 Å². The van der Waals surface area contributed by atoms with E-state index in [1.54, 1.807) is 18.2 Å². The molecular formula is C23H27N3O3. The van der Waals surface area contributed by atoms with E-state index < -0.39 is 4.92 Å². The molecule has 1 atom stereocenters. The Morgan fingerprint density at radius 3 is 2.66 bits per heavy atom. The van der Waals surface area contributed by atoms with Crippen LogP contribution in [-0.2, 0) is 17.9 Å². The quantitative estimate of drug-likeness (QED) is 0.435. The lowest BCUT2D eigenvalue weighted by Gasteiger charge is -2.30. The number of nitro groups is 1. The number of carbonyl (C=O) groups excluding carboxylic acids is 1. The molecule has 1 unspecified atom stereocenters. The third-order valence-corrected chi connectivity index (χ3v) is 5.18. The average Bonchev–Trinajstić information content (AvgIpc) is 2.72. The van der Waals surface area contributed by atoms with Crippen LogP contribution in [0.1, 0.15) is 36.5 Å². The molecule has 0 aromatic heterocycles. The van der Waals surface area contributed by atoms with Gasteiger partial charge in [-0.15, -0.1) is 0 Å². The molecule has 1 N–H and O–H groups in total. The van der Waals surface area contributed by atoms with Crippen LogP contribution in [0.15, 0.2) is 54.6 Å². The Kier molecular flexibility index (Phi) is 7.14. The van der Waals surface area contributed by atoms with E-state index in [2.05, 4.69) is 29.3 Å². The van der Waals surface area contributed by atoms with Crippen molar-refractivity contribution in [2.75, 3.05) is 13.1 Å². The molecule has 1 fully saturated rings. The largest absolute Gasteiger partial charge is 0.348 e. The molecule has 0 spiro atoms. The SMILES string of the molecule is CC1CCCN(Cc2ccc(CNC(=O)/C=C/c3ccccc3[N+](=O)[O-])cc2)C1. The summed E-state index contributed by atoms with van der Waals surface area (Å²) >= 11 is 0. The summed E-state index contributed by atoms with van der Waals surface area (Å²) in [6.45, 7) is 6.01. The van der Waals surface area contributed by atoms with Crippen molar-refractivity contribution in [3.63, 3.8) is 0 Å². The Bertz CT molecular complexity index is 877. The molecule has 2 aromatic rings. The zero-order chi connectivity index (χ0) is 20.6. The average molecular weight is 393 g/mol. The summed E-state index contributed by atoms with van der Waals surface area (Å²) in [7, 11) is 0. The zero-order valence-corrected chi connectivity index (χ0v) is 16.7. The molecule has 152 valence electrons. The summed E-state index contributed by atoms with van der Waals surface area (Å²) in [6.07, 6.45) is 5.39. The first kappa shape index (κ1) is 20.7. The highest BCUT2D eigenvalue weighted by atomic mass is 16.6. The summed E-state index contributed by atoms with van der Waals surface area (Å²) in [5, 5.41) is 13.8. The predicted molar refractivity (Wildman–Crippen MR) is 114 cm³/mol. The maximum Gasteiger partial charge on any atom is 0.276 e. The van der Waals surface area contributed by atoms with Gasteiger partial charge in [-0.2, -0.15) is 0 Å². The molecule has 6 nitrogen and oxygen atoms in total. The van der Waals surface area contributed by atoms with Crippen LogP contribution in [-0.4, -0.2) is 28.8 Å². The van der Waals surface area contributed by atoms with E-state index in [1.807, 2.05) is 12.1 Å². The summed E-state index contributed by atoms with van der Waals surface area (Å²) in [5.41, 5.74) is 2.69. The molecule has 2 aromatic carbocycles. The zero-order valence-electron chi connectivity index (χ0n) is 16.7. The molecule has 1 amide bonds. The lowest BCUT2D eigenvalue weighted by Crippen LogP contribution is -2.33. The van der Waals surface area contributed by atoms with Gasteiger partial charge in [0.25, 0.3) is 5.69 Å². The number of para-hydroxylation sites is 1. The topological polar surface area (TPSA) is 75.5 Å². The van der Waals surface area contributed by atoms with Crippen LogP contribution < -0.4 is 5.32 Å². The van der Waals surface area contributed by atoms with Gasteiger partial charge in [0.2, 0.25) is 5.91 Å². The van der Waals surface area contributed by atoms with Crippen molar-refractivity contribution < 1.29 is 9.72 Å². The molecule has 29 heavy (non-hydrogen) atoms. The second-order valence-electron chi connectivity index (χ2n) is 7.67. The van der Waals surface area contributed by atoms with Crippen molar-refractivity contribution in [2.45, 2.75) is 32.9 Å². The number of amides is 1. The number of carbonyl (C=O) groups is 1. The lowest BCUT2D eigenvalue weighted by molar-refractivity contribution is -0.385. The number of rotatable bonds is 7. The van der Waals surface area contributed by atoms with Crippen LogP contribution in [0.5, 0.6) is 0 Å². The Balaban J connectivity index is 1.49. The molecule has 1 saturated heterocycles. The van der Waals surface area contributed by atoms with Crippen molar-refractivity contribution in [3.05, 3.63) is 81.4 Å². The second kappa shape index (κ2) is 9.98. The highest BCUT2D eigenvalue weighted by Crippen LogP contribution is 2.19. The molecular weight excluding hydrogens is 366 g/mol. The van der Waals surface area contributed by atoms with Gasteiger partial charge in [-0.3, -0.25) is 19.8 Å². The monoisotopic (exact) mass is 393 g/mol. The molecule has 0 aliphatic carbocycles. The third-order valence-electron chi connectivity index (χ3n) is 5.18. The molecule has 0 saturated carbocycles. The van der Waals surface area contributed by atoms with Gasteiger partial charge >= 0.3 is 0 Å². The Morgan fingerprint density at radius 1 is 1.21 bits per heavy atom. The van der Waals surface area contributed by atoms with E-state index in [0.717, 1.165) is 31.1 Å². The van der Waals surface area contributed by atoms with Gasteiger partial charge in [0.15, 0.2) is 0 Å². The van der Waals surface area contributed by atoms with E-state index in [4.69, 9.17) is 0 Å². The number of benzene rings is 2. The van der Waals surface area contributed by atoms with E-state index in [9.17, 15) is 14.9 Å². The van der Waals surface area contributed by atoms with Crippen LogP contribution in [0, 0.1) is 16.0 Å². The molecule has 1 heterocycles. The van der Waals surface area contributed by atoms with Crippen molar-refractivity contribution in [3.8, 4) is 0 Å². The Labute approximate surface area is 171 Å². The first-order chi connectivity index (χ1) is 14.0. The van der Waals surface area contributed by atoms with Gasteiger partial charge in [0.05, 0.1) is 10.5 Å². The summed E-state index contributed by atoms with van der Waals surface area (Å²) in [6, 6.07) is 14.6. The standard InChI is InChI=1S/C23H27N3O3/c1-18-5-4-14-25(16-18)17-20-10-8-19(9-11-20)15-24-23(27)13-12-21-6-2-3-7-22(21)26(28)29/h2-3,6-13,18H,4-5,14-17H2,1H3,(H,24,27)/b13-12+. The van der Waals surface area contributed by atoms with Crippen molar-refractivity contribution in [2.24, 2.45) is 5.92 Å². The van der Waals surface area contributed by atoms with Crippen molar-refractivity contribution >= 4 is 17.7 Å². The maximum atomic E-state index is 12.1. The number of nitrogens with one attached hydrogen (secondary N) is 1. The number of likely N-dealkylation sites (tertiary alicyclic amines) is 1.